The molecule has 4 heteroatoms. The Hall–Kier alpha value is -1.83. The Morgan fingerprint density at radius 1 is 1.27 bits per heavy atom. The van der Waals surface area contributed by atoms with Crippen molar-refractivity contribution in [2.24, 2.45) is 5.92 Å². The molecule has 1 aliphatic rings. The molecule has 0 aromatic heterocycles. The lowest BCUT2D eigenvalue weighted by molar-refractivity contribution is -0.174. The predicted molar refractivity (Wildman–Crippen MR) is 103 cm³/mol. The summed E-state index contributed by atoms with van der Waals surface area (Å²) in [6.45, 7) is -9.06. The number of ether oxygens (including phenoxy) is 1. The Kier molecular flexibility index (Phi) is 4.42. The zero-order valence-corrected chi connectivity index (χ0v) is 15.2. The number of hydrogen-bond donors (Lipinski definition) is 1. The zero-order chi connectivity index (χ0) is 26.7. The minimum Gasteiger partial charge on any atom is -0.450 e. The molecule has 0 heterocycles. The number of hydrogen-bond acceptors (Lipinski definition) is 4. The molecule has 1 aromatic carbocycles. The van der Waals surface area contributed by atoms with Crippen molar-refractivity contribution >= 4 is 5.97 Å². The average molecular weight is 367 g/mol. The number of carbonyl (C=O) groups excluding carboxylic acids is 1. The maximum absolute atomic E-state index is 13.4. The molecule has 0 radical (unpaired) electrons. The number of carbonyl (C=O) groups is 1. The highest BCUT2D eigenvalue weighted by Gasteiger charge is 2.46. The van der Waals surface area contributed by atoms with Crippen molar-refractivity contribution in [3.8, 4) is 11.8 Å². The van der Waals surface area contributed by atoms with E-state index >= 15 is 0 Å². The molecule has 0 spiro atoms. The molecule has 1 atom stereocenters. The molecule has 2 rings (SSSR count). The van der Waals surface area contributed by atoms with Gasteiger partial charge in [-0.25, -0.2) is 4.79 Å². The second-order valence-electron chi connectivity index (χ2n) is 6.07. The van der Waals surface area contributed by atoms with E-state index in [2.05, 4.69) is 0 Å². The first-order chi connectivity index (χ1) is 16.0. The van der Waals surface area contributed by atoms with Gasteiger partial charge in [-0.05, 0) is 31.4 Å². The third-order valence-electron chi connectivity index (χ3n) is 4.56. The van der Waals surface area contributed by atoms with Crippen LogP contribution >= 0.6 is 0 Å². The first kappa shape index (κ1) is 11.1. The van der Waals surface area contributed by atoms with E-state index in [4.69, 9.17) is 22.2 Å². The van der Waals surface area contributed by atoms with Crippen LogP contribution in [0.25, 0.3) is 0 Å². The summed E-state index contributed by atoms with van der Waals surface area (Å²) in [4.78, 5) is 13.6. The van der Waals surface area contributed by atoms with E-state index in [1.54, 1.807) is 30.3 Å². The van der Waals surface area contributed by atoms with Crippen LogP contribution < -0.4 is 0 Å². The fraction of sp³-hybridized carbons (Fsp3) is 0.591. The van der Waals surface area contributed by atoms with Gasteiger partial charge in [0, 0.05) is 11.4 Å². The molecule has 0 amide bonds. The average Bonchev–Trinajstić information content (AvgIpc) is 2.72. The van der Waals surface area contributed by atoms with Gasteiger partial charge in [-0.2, -0.15) is 0 Å². The summed E-state index contributed by atoms with van der Waals surface area (Å²) < 4.78 is 76.4. The summed E-state index contributed by atoms with van der Waals surface area (Å²) >= 11 is 0. The first-order valence-electron chi connectivity index (χ1n) is 13.2. The van der Waals surface area contributed by atoms with Crippen LogP contribution in [0.15, 0.2) is 30.3 Å². The van der Waals surface area contributed by atoms with Crippen LogP contribution in [-0.4, -0.2) is 43.5 Å². The predicted octanol–water partition coefficient (Wildman–Crippen LogP) is 3.34. The molecule has 26 heavy (non-hydrogen) atoms. The quantitative estimate of drug-likeness (QED) is 0.566. The fourth-order valence-electron chi connectivity index (χ4n) is 3.20. The van der Waals surface area contributed by atoms with Gasteiger partial charge in [0.05, 0.1) is 12.0 Å². The van der Waals surface area contributed by atoms with Crippen LogP contribution in [0.5, 0.6) is 0 Å². The zero-order valence-electron chi connectivity index (χ0n) is 24.2. The SMILES string of the molecule is [2H]OC(C(=O)OC([2H])([2H])C#CC([2H])([2H])N(C([2H])([2H])C)C([2H])([2H])C)(c1ccccc1)C1CCCCC1. The summed E-state index contributed by atoms with van der Waals surface area (Å²) in [6.07, 6.45) is 3.69. The molecular weight excluding hydrogens is 326 g/mol. The van der Waals surface area contributed by atoms with Crippen molar-refractivity contribution in [1.29, 1.82) is 1.43 Å². The number of nitrogens with zero attached hydrogens (tertiary/aromatic N) is 1. The van der Waals surface area contributed by atoms with E-state index in [1.807, 2.05) is 11.8 Å². The molecule has 1 N–H and O–H groups in total. The number of rotatable bonds is 8. The molecule has 0 bridgehead atoms. The second-order valence-corrected chi connectivity index (χ2v) is 6.07. The molecular formula is C22H31NO3. The van der Waals surface area contributed by atoms with Gasteiger partial charge in [0.1, 0.15) is 0 Å². The van der Waals surface area contributed by atoms with Gasteiger partial charge in [0.15, 0.2) is 12.2 Å². The normalized spacial score (nSPS) is 24.5. The van der Waals surface area contributed by atoms with Gasteiger partial charge in [-0.3, -0.25) is 4.90 Å². The minimum atomic E-state index is -3.04. The Labute approximate surface area is 170 Å². The molecule has 0 aliphatic heterocycles. The van der Waals surface area contributed by atoms with Crippen molar-refractivity contribution in [3.63, 3.8) is 0 Å². The summed E-state index contributed by atoms with van der Waals surface area (Å²) in [5, 5.41) is 5.02. The second kappa shape index (κ2) is 10.4. The topological polar surface area (TPSA) is 49.8 Å². The molecule has 1 saturated carbocycles. The van der Waals surface area contributed by atoms with E-state index in [1.165, 1.54) is 0 Å². The number of esters is 1. The van der Waals surface area contributed by atoms with Crippen LogP contribution in [0.4, 0.5) is 0 Å². The lowest BCUT2D eigenvalue weighted by Crippen LogP contribution is -2.45. The number of aliphatic hydroxyl groups is 1. The maximum Gasteiger partial charge on any atom is 0.344 e. The Bertz CT molecular complexity index is 915. The van der Waals surface area contributed by atoms with Crippen LogP contribution in [-0.2, 0) is 15.1 Å². The highest BCUT2D eigenvalue weighted by molar-refractivity contribution is 5.81. The van der Waals surface area contributed by atoms with Crippen LogP contribution in [0.3, 0.4) is 0 Å². The van der Waals surface area contributed by atoms with E-state index < -0.39 is 43.5 Å². The molecule has 1 aromatic rings. The van der Waals surface area contributed by atoms with Gasteiger partial charge >= 0.3 is 5.97 Å². The molecule has 142 valence electrons. The molecule has 1 unspecified atom stereocenters. The fourth-order valence-corrected chi connectivity index (χ4v) is 3.20. The Balaban J connectivity index is 2.43. The van der Waals surface area contributed by atoms with Gasteiger partial charge in [-0.1, -0.05) is 75.3 Å². The summed E-state index contributed by atoms with van der Waals surface area (Å²) in [5.41, 5.74) is -1.58. The summed E-state index contributed by atoms with van der Waals surface area (Å²) in [6, 6.07) is 8.23. The van der Waals surface area contributed by atoms with Crippen molar-refractivity contribution < 1.29 is 25.6 Å². The van der Waals surface area contributed by atoms with Gasteiger partial charge in [0.2, 0.25) is 1.43 Å². The monoisotopic (exact) mass is 366 g/mol. The highest BCUT2D eigenvalue weighted by atomic mass is 16.5. The first-order valence-corrected chi connectivity index (χ1v) is 8.75. The van der Waals surface area contributed by atoms with Gasteiger partial charge in [0.25, 0.3) is 0 Å². The smallest absolute Gasteiger partial charge is 0.344 e. The number of benzene rings is 1. The molecule has 1 aliphatic carbocycles. The van der Waals surface area contributed by atoms with Crippen molar-refractivity contribution in [3.05, 3.63) is 35.9 Å². The third kappa shape index (κ3) is 5.09. The third-order valence-corrected chi connectivity index (χ3v) is 4.56. The van der Waals surface area contributed by atoms with E-state index in [0.717, 1.165) is 33.1 Å². The lowest BCUT2D eigenvalue weighted by atomic mass is 9.73. The van der Waals surface area contributed by atoms with E-state index in [9.17, 15) is 4.79 Å². The van der Waals surface area contributed by atoms with E-state index in [-0.39, 0.29) is 4.90 Å². The molecule has 0 saturated heterocycles. The van der Waals surface area contributed by atoms with Crippen molar-refractivity contribution in [2.75, 3.05) is 26.0 Å². The summed E-state index contributed by atoms with van der Waals surface area (Å²) in [5.74, 6) is 2.14. The summed E-state index contributed by atoms with van der Waals surface area (Å²) in [7, 11) is 0. The largest absolute Gasteiger partial charge is 0.450 e. The van der Waals surface area contributed by atoms with E-state index in [0.29, 0.717) is 18.4 Å². The Morgan fingerprint density at radius 3 is 2.58 bits per heavy atom. The van der Waals surface area contributed by atoms with Crippen LogP contribution in [0, 0.1) is 17.8 Å². The van der Waals surface area contributed by atoms with Crippen LogP contribution in [0.2, 0.25) is 0 Å². The van der Waals surface area contributed by atoms with Crippen LogP contribution in [0.1, 0.15) is 62.5 Å². The minimum absolute atomic E-state index is 0.223. The van der Waals surface area contributed by atoms with Gasteiger partial charge in [-0.15, -0.1) is 0 Å². The lowest BCUT2D eigenvalue weighted by Gasteiger charge is -2.36. The standard InChI is InChI=1S/C22H31NO3/c1-3-23(4-2)17-11-12-18-26-21(24)22(25,19-13-7-5-8-14-19)20-15-9-6-10-16-20/h5,7-8,13-14,20,25H,3-4,6,9-10,15-18H2,1-2H3/i3D2,4D2,17D2,18D2,25D. The highest BCUT2D eigenvalue weighted by Crippen LogP contribution is 2.40. The molecule has 4 nitrogen and oxygen atoms in total. The molecule has 1 fully saturated rings. The Morgan fingerprint density at radius 2 is 1.96 bits per heavy atom. The van der Waals surface area contributed by atoms with Crippen molar-refractivity contribution in [1.82, 2.24) is 4.90 Å². The van der Waals surface area contributed by atoms with Gasteiger partial charge < -0.3 is 9.85 Å². The van der Waals surface area contributed by atoms with Crippen molar-refractivity contribution in [2.45, 2.75) is 51.6 Å². The maximum atomic E-state index is 13.4.